The zero-order valence-corrected chi connectivity index (χ0v) is 11.2. The second-order valence-electron chi connectivity index (χ2n) is 4.90. The van der Waals surface area contributed by atoms with Crippen LogP contribution in [0.4, 0.5) is 0 Å². The Balaban J connectivity index is 1.91. The monoisotopic (exact) mass is 245 g/mol. The Bertz CT molecular complexity index is 361. The average molecular weight is 245 g/mol. The molecule has 0 amide bonds. The van der Waals surface area contributed by atoms with Gasteiger partial charge in [0.05, 0.1) is 7.11 Å². The quantitative estimate of drug-likeness (QED) is 0.878. The van der Waals surface area contributed by atoms with Gasteiger partial charge in [-0.25, -0.2) is 0 Å². The van der Waals surface area contributed by atoms with E-state index in [2.05, 4.69) is 29.6 Å². The highest BCUT2D eigenvalue weighted by atomic mass is 16.5. The van der Waals surface area contributed by atoms with Crippen molar-refractivity contribution in [1.82, 2.24) is 5.32 Å². The number of rotatable bonds is 3. The van der Waals surface area contributed by atoms with Crippen molar-refractivity contribution in [2.45, 2.75) is 38.1 Å². The molecule has 1 N–H and O–H groups in total. The third kappa shape index (κ3) is 4.19. The van der Waals surface area contributed by atoms with Crippen molar-refractivity contribution in [3.8, 4) is 5.75 Å². The Morgan fingerprint density at radius 3 is 2.67 bits per heavy atom. The maximum atomic E-state index is 5.16. The van der Waals surface area contributed by atoms with E-state index in [4.69, 9.17) is 4.74 Å². The molecule has 0 aromatic heterocycles. The van der Waals surface area contributed by atoms with Crippen molar-refractivity contribution >= 4 is 6.08 Å². The smallest absolute Gasteiger partial charge is 0.118 e. The molecule has 1 heterocycles. The Kier molecular flexibility index (Phi) is 5.28. The maximum Gasteiger partial charge on any atom is 0.118 e. The van der Waals surface area contributed by atoms with E-state index in [-0.39, 0.29) is 0 Å². The summed E-state index contributed by atoms with van der Waals surface area (Å²) < 4.78 is 5.16. The summed E-state index contributed by atoms with van der Waals surface area (Å²) in [6.45, 7) is 1.15. The zero-order chi connectivity index (χ0) is 12.6. The highest BCUT2D eigenvalue weighted by Crippen LogP contribution is 2.14. The van der Waals surface area contributed by atoms with Gasteiger partial charge in [0.2, 0.25) is 0 Å². The lowest BCUT2D eigenvalue weighted by atomic mass is 10.0. The van der Waals surface area contributed by atoms with Gasteiger partial charge in [-0.1, -0.05) is 43.5 Å². The Morgan fingerprint density at radius 1 is 1.11 bits per heavy atom. The van der Waals surface area contributed by atoms with Crippen molar-refractivity contribution in [3.63, 3.8) is 0 Å². The van der Waals surface area contributed by atoms with Crippen LogP contribution in [0.15, 0.2) is 30.3 Å². The van der Waals surface area contributed by atoms with E-state index in [1.807, 2.05) is 12.1 Å². The largest absolute Gasteiger partial charge is 0.497 e. The van der Waals surface area contributed by atoms with Crippen LogP contribution in [0.25, 0.3) is 6.08 Å². The minimum absolute atomic E-state index is 0.535. The van der Waals surface area contributed by atoms with E-state index in [1.54, 1.807) is 7.11 Å². The van der Waals surface area contributed by atoms with Crippen LogP contribution in [0.1, 0.15) is 37.7 Å². The van der Waals surface area contributed by atoms with Crippen LogP contribution in [0, 0.1) is 0 Å². The van der Waals surface area contributed by atoms with Gasteiger partial charge >= 0.3 is 0 Å². The summed E-state index contributed by atoms with van der Waals surface area (Å²) in [6.07, 6.45) is 11.2. The van der Waals surface area contributed by atoms with Gasteiger partial charge in [0.25, 0.3) is 0 Å². The van der Waals surface area contributed by atoms with Crippen LogP contribution < -0.4 is 10.1 Å². The molecule has 1 saturated heterocycles. The van der Waals surface area contributed by atoms with Crippen LogP contribution in [-0.4, -0.2) is 19.7 Å². The standard InChI is InChI=1S/C16H23NO/c1-18-16-11-8-14(9-12-16)7-10-15-6-4-2-3-5-13-17-15/h7-12,15,17H,2-6,13H2,1H3/b10-7+. The average Bonchev–Trinajstić information content (AvgIpc) is 2.38. The van der Waals surface area contributed by atoms with E-state index in [0.717, 1.165) is 12.3 Å². The lowest BCUT2D eigenvalue weighted by molar-refractivity contribution is 0.415. The summed E-state index contributed by atoms with van der Waals surface area (Å²) >= 11 is 0. The first-order valence-corrected chi connectivity index (χ1v) is 6.94. The molecule has 98 valence electrons. The molecule has 2 nitrogen and oxygen atoms in total. The number of benzene rings is 1. The molecular formula is C16H23NO. The summed E-state index contributed by atoms with van der Waals surface area (Å²) in [7, 11) is 1.70. The third-order valence-electron chi connectivity index (χ3n) is 3.49. The Labute approximate surface area is 110 Å². The van der Waals surface area contributed by atoms with E-state index in [0.29, 0.717) is 6.04 Å². The van der Waals surface area contributed by atoms with Gasteiger partial charge in [-0.05, 0) is 37.1 Å². The van der Waals surface area contributed by atoms with Gasteiger partial charge in [0, 0.05) is 6.04 Å². The van der Waals surface area contributed by atoms with Gasteiger partial charge in [0.15, 0.2) is 0 Å². The molecule has 1 aromatic rings. The topological polar surface area (TPSA) is 21.3 Å². The molecular weight excluding hydrogens is 222 g/mol. The summed E-state index contributed by atoms with van der Waals surface area (Å²) in [5, 5.41) is 3.60. The maximum absolute atomic E-state index is 5.16. The van der Waals surface area contributed by atoms with Crippen LogP contribution in [0.5, 0.6) is 5.75 Å². The van der Waals surface area contributed by atoms with E-state index >= 15 is 0 Å². The van der Waals surface area contributed by atoms with Crippen molar-refractivity contribution in [1.29, 1.82) is 0 Å². The predicted octanol–water partition coefficient (Wildman–Crippen LogP) is 3.63. The number of nitrogens with one attached hydrogen (secondary N) is 1. The Hall–Kier alpha value is -1.28. The van der Waals surface area contributed by atoms with Gasteiger partial charge in [-0.3, -0.25) is 0 Å². The molecule has 1 aromatic carbocycles. The lowest BCUT2D eigenvalue weighted by Gasteiger charge is -2.18. The second-order valence-corrected chi connectivity index (χ2v) is 4.90. The minimum Gasteiger partial charge on any atom is -0.497 e. The first-order valence-electron chi connectivity index (χ1n) is 6.94. The summed E-state index contributed by atoms with van der Waals surface area (Å²) in [5.74, 6) is 0.913. The molecule has 0 bridgehead atoms. The zero-order valence-electron chi connectivity index (χ0n) is 11.2. The molecule has 0 spiro atoms. The van der Waals surface area contributed by atoms with Crippen molar-refractivity contribution in [3.05, 3.63) is 35.9 Å². The molecule has 0 saturated carbocycles. The fourth-order valence-electron chi connectivity index (χ4n) is 2.34. The summed E-state index contributed by atoms with van der Waals surface area (Å²) in [4.78, 5) is 0. The molecule has 2 rings (SSSR count). The molecule has 1 atom stereocenters. The SMILES string of the molecule is COc1ccc(/C=C/C2CCCCCCN2)cc1. The van der Waals surface area contributed by atoms with Crippen molar-refractivity contribution in [2.24, 2.45) is 0 Å². The van der Waals surface area contributed by atoms with E-state index in [1.165, 1.54) is 37.7 Å². The number of hydrogen-bond donors (Lipinski definition) is 1. The molecule has 18 heavy (non-hydrogen) atoms. The molecule has 1 fully saturated rings. The summed E-state index contributed by atoms with van der Waals surface area (Å²) in [5.41, 5.74) is 1.24. The molecule has 1 aliphatic heterocycles. The molecule has 0 aliphatic carbocycles. The second kappa shape index (κ2) is 7.22. The van der Waals surface area contributed by atoms with Gasteiger partial charge in [0.1, 0.15) is 5.75 Å². The van der Waals surface area contributed by atoms with Crippen LogP contribution in [-0.2, 0) is 0 Å². The van der Waals surface area contributed by atoms with Gasteiger partial charge in [-0.2, -0.15) is 0 Å². The highest BCUT2D eigenvalue weighted by molar-refractivity contribution is 5.51. The fourth-order valence-corrected chi connectivity index (χ4v) is 2.34. The molecule has 1 unspecified atom stereocenters. The molecule has 2 heteroatoms. The van der Waals surface area contributed by atoms with E-state index in [9.17, 15) is 0 Å². The number of methoxy groups -OCH3 is 1. The molecule has 0 radical (unpaired) electrons. The highest BCUT2D eigenvalue weighted by Gasteiger charge is 2.06. The fraction of sp³-hybridized carbons (Fsp3) is 0.500. The summed E-state index contributed by atoms with van der Waals surface area (Å²) in [6, 6.07) is 8.74. The Morgan fingerprint density at radius 2 is 1.89 bits per heavy atom. The van der Waals surface area contributed by atoms with Crippen molar-refractivity contribution < 1.29 is 4.74 Å². The van der Waals surface area contributed by atoms with Crippen molar-refractivity contribution in [2.75, 3.05) is 13.7 Å². The third-order valence-corrected chi connectivity index (χ3v) is 3.49. The lowest BCUT2D eigenvalue weighted by Crippen LogP contribution is -2.29. The van der Waals surface area contributed by atoms with Gasteiger partial charge in [-0.15, -0.1) is 0 Å². The predicted molar refractivity (Wildman–Crippen MR) is 76.9 cm³/mol. The first kappa shape index (κ1) is 13.2. The van der Waals surface area contributed by atoms with Crippen LogP contribution >= 0.6 is 0 Å². The molecule has 1 aliphatic rings. The van der Waals surface area contributed by atoms with E-state index < -0.39 is 0 Å². The first-order chi connectivity index (χ1) is 8.88. The van der Waals surface area contributed by atoms with Crippen LogP contribution in [0.3, 0.4) is 0 Å². The van der Waals surface area contributed by atoms with Gasteiger partial charge < -0.3 is 10.1 Å². The minimum atomic E-state index is 0.535. The number of hydrogen-bond acceptors (Lipinski definition) is 2. The number of ether oxygens (including phenoxy) is 1. The van der Waals surface area contributed by atoms with Crippen LogP contribution in [0.2, 0.25) is 0 Å². The normalized spacial score (nSPS) is 21.5.